The first-order valence-corrected chi connectivity index (χ1v) is 4.45. The molecular weight excluding hydrogens is 294 g/mol. The number of rotatable bonds is 2. The van der Waals surface area contributed by atoms with Crippen LogP contribution in [0.4, 0.5) is 5.88 Å². The van der Waals surface area contributed by atoms with Crippen LogP contribution in [-0.2, 0) is 0 Å². The van der Waals surface area contributed by atoms with Gasteiger partial charge in [-0.2, -0.15) is 0 Å². The molecule has 0 fully saturated rings. The lowest BCUT2D eigenvalue weighted by molar-refractivity contribution is -0.402. The van der Waals surface area contributed by atoms with Gasteiger partial charge in [0.05, 0.1) is 9.46 Å². The van der Waals surface area contributed by atoms with Gasteiger partial charge in [-0.25, -0.2) is 0 Å². The highest BCUT2D eigenvalue weighted by atomic mass is 79.9. The summed E-state index contributed by atoms with van der Waals surface area (Å²) in [4.78, 5) is 9.58. The van der Waals surface area contributed by atoms with Crippen LogP contribution in [0.5, 0.6) is 0 Å². The molecule has 0 atom stereocenters. The Morgan fingerprint density at radius 1 is 1.58 bits per heavy atom. The Morgan fingerprint density at radius 3 is 2.67 bits per heavy atom. The fraction of sp³-hybridized carbons (Fsp3) is 0. The summed E-state index contributed by atoms with van der Waals surface area (Å²) in [7, 11) is 0. The lowest BCUT2D eigenvalue weighted by Gasteiger charge is -1.83. The van der Waals surface area contributed by atoms with E-state index in [9.17, 15) is 10.1 Å². The predicted molar refractivity (Wildman–Crippen MR) is 51.2 cm³/mol. The van der Waals surface area contributed by atoms with Crippen molar-refractivity contribution >= 4 is 43.8 Å². The minimum Gasteiger partial charge on any atom is -0.401 e. The van der Waals surface area contributed by atoms with Crippen LogP contribution >= 0.6 is 31.9 Å². The van der Waals surface area contributed by atoms with Gasteiger partial charge in [0.2, 0.25) is 0 Å². The van der Waals surface area contributed by atoms with Crippen LogP contribution in [0, 0.1) is 10.1 Å². The van der Waals surface area contributed by atoms with Gasteiger partial charge in [0, 0.05) is 6.08 Å². The quantitative estimate of drug-likeness (QED) is 0.621. The van der Waals surface area contributed by atoms with Gasteiger partial charge in [0.25, 0.3) is 0 Å². The van der Waals surface area contributed by atoms with E-state index in [1.807, 2.05) is 0 Å². The lowest BCUT2D eigenvalue weighted by Crippen LogP contribution is -1.82. The van der Waals surface area contributed by atoms with Crippen LogP contribution in [0.3, 0.4) is 0 Å². The summed E-state index contributed by atoms with van der Waals surface area (Å²) >= 11 is 6.21. The largest absolute Gasteiger partial charge is 0.433 e. The van der Waals surface area contributed by atoms with Crippen molar-refractivity contribution in [1.29, 1.82) is 0 Å². The second-order valence-electron chi connectivity index (χ2n) is 1.87. The van der Waals surface area contributed by atoms with Crippen molar-refractivity contribution in [1.82, 2.24) is 0 Å². The molecule has 6 heteroatoms. The summed E-state index contributed by atoms with van der Waals surface area (Å²) in [6.45, 7) is 0. The molecule has 0 bridgehead atoms. The Balaban J connectivity index is 2.92. The van der Waals surface area contributed by atoms with Crippen LogP contribution < -0.4 is 0 Å². The Hall–Kier alpha value is -0.620. The van der Waals surface area contributed by atoms with Crippen molar-refractivity contribution in [2.24, 2.45) is 0 Å². The van der Waals surface area contributed by atoms with Crippen molar-refractivity contribution in [3.63, 3.8) is 0 Å². The molecule has 1 heterocycles. The van der Waals surface area contributed by atoms with Crippen molar-refractivity contribution in [2.75, 3.05) is 0 Å². The molecule has 0 aliphatic heterocycles. The second kappa shape index (κ2) is 3.86. The van der Waals surface area contributed by atoms with E-state index < -0.39 is 4.92 Å². The van der Waals surface area contributed by atoms with Gasteiger partial charge in [0.1, 0.15) is 10.7 Å². The maximum absolute atomic E-state index is 10.2. The number of nitro groups is 1. The maximum atomic E-state index is 10.2. The zero-order valence-electron chi connectivity index (χ0n) is 5.66. The zero-order valence-corrected chi connectivity index (χ0v) is 8.83. The molecule has 0 aliphatic carbocycles. The van der Waals surface area contributed by atoms with Crippen molar-refractivity contribution < 1.29 is 9.34 Å². The molecule has 0 aromatic carbocycles. The SMILES string of the molecule is O=[N+]([O-])c1ccc(C=C(Br)Br)o1. The molecule has 0 aliphatic rings. The number of nitrogens with zero attached hydrogens (tertiary/aromatic N) is 1. The van der Waals surface area contributed by atoms with Gasteiger partial charge >= 0.3 is 5.88 Å². The Morgan fingerprint density at radius 2 is 2.25 bits per heavy atom. The highest BCUT2D eigenvalue weighted by Gasteiger charge is 2.09. The summed E-state index contributed by atoms with van der Waals surface area (Å²) < 4.78 is 5.49. The minimum atomic E-state index is -0.584. The smallest absolute Gasteiger partial charge is 0.401 e. The molecule has 0 saturated carbocycles. The summed E-state index contributed by atoms with van der Waals surface area (Å²) in [5, 5.41) is 10.2. The first-order chi connectivity index (χ1) is 5.59. The van der Waals surface area contributed by atoms with E-state index in [0.29, 0.717) is 9.15 Å². The third-order valence-corrected chi connectivity index (χ3v) is 1.50. The van der Waals surface area contributed by atoms with Gasteiger partial charge in [-0.3, -0.25) is 10.1 Å². The van der Waals surface area contributed by atoms with E-state index in [0.717, 1.165) is 0 Å². The van der Waals surface area contributed by atoms with E-state index >= 15 is 0 Å². The average Bonchev–Trinajstić information content (AvgIpc) is 2.34. The monoisotopic (exact) mass is 295 g/mol. The number of halogens is 2. The summed E-state index contributed by atoms with van der Waals surface area (Å²) in [5.74, 6) is 0.160. The molecule has 64 valence electrons. The van der Waals surface area contributed by atoms with Crippen LogP contribution in [-0.4, -0.2) is 4.92 Å². The first kappa shape index (κ1) is 9.47. The fourth-order valence-electron chi connectivity index (χ4n) is 0.625. The molecule has 1 aromatic rings. The van der Waals surface area contributed by atoms with E-state index in [2.05, 4.69) is 31.9 Å². The highest BCUT2D eigenvalue weighted by Crippen LogP contribution is 2.22. The van der Waals surface area contributed by atoms with Crippen molar-refractivity contribution in [3.8, 4) is 0 Å². The molecule has 0 unspecified atom stereocenters. The summed E-state index contributed by atoms with van der Waals surface area (Å²) in [6, 6.07) is 2.81. The second-order valence-corrected chi connectivity index (χ2v) is 4.64. The topological polar surface area (TPSA) is 56.3 Å². The molecule has 4 nitrogen and oxygen atoms in total. The van der Waals surface area contributed by atoms with Crippen LogP contribution in [0.25, 0.3) is 6.08 Å². The van der Waals surface area contributed by atoms with Gasteiger partial charge in [0.15, 0.2) is 0 Å². The van der Waals surface area contributed by atoms with Crippen LogP contribution in [0.1, 0.15) is 5.76 Å². The minimum absolute atomic E-state index is 0.262. The number of hydrogen-bond donors (Lipinski definition) is 0. The van der Waals surface area contributed by atoms with Crippen LogP contribution in [0.2, 0.25) is 0 Å². The van der Waals surface area contributed by atoms with Crippen molar-refractivity contribution in [2.45, 2.75) is 0 Å². The Labute approximate surface area is 84.7 Å². The predicted octanol–water partition coefficient (Wildman–Crippen LogP) is 3.28. The molecule has 0 amide bonds. The van der Waals surface area contributed by atoms with E-state index in [1.54, 1.807) is 6.08 Å². The first-order valence-electron chi connectivity index (χ1n) is 2.86. The fourth-order valence-corrected chi connectivity index (χ4v) is 1.08. The molecule has 0 saturated heterocycles. The van der Waals surface area contributed by atoms with Crippen LogP contribution in [0.15, 0.2) is 19.9 Å². The van der Waals surface area contributed by atoms with E-state index in [4.69, 9.17) is 4.42 Å². The molecule has 1 aromatic heterocycles. The highest BCUT2D eigenvalue weighted by molar-refractivity contribution is 9.28. The molecule has 0 spiro atoms. The standard InChI is InChI=1S/C6H3Br2NO3/c7-5(8)3-4-1-2-6(12-4)9(10)11/h1-3H. The lowest BCUT2D eigenvalue weighted by atomic mass is 10.4. The third kappa shape index (κ3) is 2.46. The number of hydrogen-bond acceptors (Lipinski definition) is 3. The molecule has 0 N–H and O–H groups in total. The molecule has 12 heavy (non-hydrogen) atoms. The van der Waals surface area contributed by atoms with Gasteiger partial charge in [-0.1, -0.05) is 0 Å². The Kier molecular flexibility index (Phi) is 3.05. The molecule has 0 radical (unpaired) electrons. The average molecular weight is 297 g/mol. The van der Waals surface area contributed by atoms with Crippen molar-refractivity contribution in [3.05, 3.63) is 31.4 Å². The maximum Gasteiger partial charge on any atom is 0.433 e. The third-order valence-electron chi connectivity index (χ3n) is 1.04. The van der Waals surface area contributed by atoms with E-state index in [-0.39, 0.29) is 5.88 Å². The number of furan rings is 1. The van der Waals surface area contributed by atoms with Gasteiger partial charge in [-0.15, -0.1) is 0 Å². The normalized spacial score (nSPS) is 9.50. The molecule has 1 rings (SSSR count). The van der Waals surface area contributed by atoms with Gasteiger partial charge < -0.3 is 4.42 Å². The summed E-state index contributed by atoms with van der Waals surface area (Å²) in [5.41, 5.74) is 0. The van der Waals surface area contributed by atoms with Gasteiger partial charge in [-0.05, 0) is 37.9 Å². The molecular formula is C6H3Br2NO3. The van der Waals surface area contributed by atoms with E-state index in [1.165, 1.54) is 12.1 Å². The zero-order chi connectivity index (χ0) is 9.14. The Bertz CT molecular complexity index is 327. The summed E-state index contributed by atoms with van der Waals surface area (Å²) in [6.07, 6.45) is 1.58.